The number of nitrogens with zero attached hydrogens (tertiary/aromatic N) is 1. The molecular formula is C20H22N4O3S. The summed E-state index contributed by atoms with van der Waals surface area (Å²) in [6, 6.07) is 15.4. The minimum absolute atomic E-state index is 0.0643. The fourth-order valence-corrected chi connectivity index (χ4v) is 4.13. The van der Waals surface area contributed by atoms with Crippen molar-refractivity contribution in [2.24, 2.45) is 5.73 Å². The van der Waals surface area contributed by atoms with Crippen molar-refractivity contribution >= 4 is 27.8 Å². The third-order valence-corrected chi connectivity index (χ3v) is 5.62. The lowest BCUT2D eigenvalue weighted by atomic mass is 10.1. The van der Waals surface area contributed by atoms with Gasteiger partial charge in [0, 0.05) is 24.1 Å². The van der Waals surface area contributed by atoms with Crippen LogP contribution in [-0.4, -0.2) is 37.6 Å². The molecule has 1 atom stereocenters. The lowest BCUT2D eigenvalue weighted by molar-refractivity contribution is -0.129. The van der Waals surface area contributed by atoms with Crippen LogP contribution in [0.4, 0.5) is 0 Å². The molecule has 0 spiro atoms. The Morgan fingerprint density at radius 2 is 1.86 bits per heavy atom. The van der Waals surface area contributed by atoms with Gasteiger partial charge in [-0.3, -0.25) is 10.2 Å². The van der Waals surface area contributed by atoms with E-state index in [0.29, 0.717) is 18.5 Å². The summed E-state index contributed by atoms with van der Waals surface area (Å²) in [5, 5.41) is 8.72. The topological polar surface area (TPSA) is 116 Å². The van der Waals surface area contributed by atoms with Crippen molar-refractivity contribution in [2.75, 3.05) is 6.54 Å². The molecule has 4 N–H and O–H groups in total. The van der Waals surface area contributed by atoms with Crippen LogP contribution in [0, 0.1) is 5.41 Å². The first kappa shape index (κ1) is 19.8. The summed E-state index contributed by atoms with van der Waals surface area (Å²) in [6.07, 6.45) is 1.88. The molecule has 1 fully saturated rings. The summed E-state index contributed by atoms with van der Waals surface area (Å²) >= 11 is 0. The van der Waals surface area contributed by atoms with E-state index in [2.05, 4.69) is 4.72 Å². The second-order valence-electron chi connectivity index (χ2n) is 6.55. The molecule has 3 rings (SSSR count). The molecule has 1 aliphatic heterocycles. The molecule has 0 aromatic heterocycles. The molecule has 2 aromatic carbocycles. The van der Waals surface area contributed by atoms with Crippen molar-refractivity contribution in [1.29, 1.82) is 5.41 Å². The highest BCUT2D eigenvalue weighted by atomic mass is 32.2. The molecule has 28 heavy (non-hydrogen) atoms. The number of likely N-dealkylation sites (tertiary alicyclic amines) is 1. The zero-order valence-corrected chi connectivity index (χ0v) is 16.0. The first-order valence-corrected chi connectivity index (χ1v) is 10.4. The number of rotatable bonds is 7. The predicted octanol–water partition coefficient (Wildman–Crippen LogP) is 1.66. The van der Waals surface area contributed by atoms with Gasteiger partial charge in [-0.05, 0) is 23.6 Å². The van der Waals surface area contributed by atoms with E-state index in [1.54, 1.807) is 29.2 Å². The average Bonchev–Trinajstić information content (AvgIpc) is 3.00. The number of nitrogens with one attached hydrogen (secondary N) is 2. The van der Waals surface area contributed by atoms with Crippen LogP contribution < -0.4 is 10.5 Å². The number of amides is 1. The van der Waals surface area contributed by atoms with Crippen LogP contribution in [0.1, 0.15) is 23.1 Å². The number of hydrogen-bond acceptors (Lipinski definition) is 4. The summed E-state index contributed by atoms with van der Waals surface area (Å²) < 4.78 is 27.1. The van der Waals surface area contributed by atoms with Crippen LogP contribution in [0.2, 0.25) is 0 Å². The molecule has 2 aromatic rings. The second-order valence-corrected chi connectivity index (χ2v) is 8.15. The van der Waals surface area contributed by atoms with Crippen molar-refractivity contribution in [2.45, 2.75) is 19.0 Å². The molecule has 0 bridgehead atoms. The van der Waals surface area contributed by atoms with E-state index in [4.69, 9.17) is 11.1 Å². The quantitative estimate of drug-likeness (QED) is 0.486. The largest absolute Gasteiger partial charge is 0.384 e. The van der Waals surface area contributed by atoms with Gasteiger partial charge in [0.1, 0.15) is 11.9 Å². The van der Waals surface area contributed by atoms with E-state index in [1.807, 2.05) is 30.3 Å². The molecule has 1 aliphatic rings. The normalized spacial score (nSPS) is 17.4. The monoisotopic (exact) mass is 398 g/mol. The first-order chi connectivity index (χ1) is 13.4. The van der Waals surface area contributed by atoms with E-state index >= 15 is 0 Å². The molecule has 7 nitrogen and oxygen atoms in total. The second kappa shape index (κ2) is 8.37. The molecular weight excluding hydrogens is 376 g/mol. The Labute approximate surface area is 164 Å². The molecule has 1 unspecified atom stereocenters. The highest BCUT2D eigenvalue weighted by molar-refractivity contribution is 7.92. The van der Waals surface area contributed by atoms with Crippen molar-refractivity contribution in [3.63, 3.8) is 0 Å². The predicted molar refractivity (Wildman–Crippen MR) is 109 cm³/mol. The van der Waals surface area contributed by atoms with Gasteiger partial charge in [-0.2, -0.15) is 4.72 Å². The fourth-order valence-electron chi connectivity index (χ4n) is 3.10. The zero-order chi connectivity index (χ0) is 20.1. The lowest BCUT2D eigenvalue weighted by Gasteiger charge is -2.18. The van der Waals surface area contributed by atoms with Gasteiger partial charge >= 0.3 is 0 Å². The lowest BCUT2D eigenvalue weighted by Crippen LogP contribution is -2.40. The van der Waals surface area contributed by atoms with E-state index in [1.165, 1.54) is 6.08 Å². The summed E-state index contributed by atoms with van der Waals surface area (Å²) in [4.78, 5) is 14.2. The van der Waals surface area contributed by atoms with Gasteiger partial charge in [0.25, 0.3) is 0 Å². The number of nitrogens with two attached hydrogens (primary N) is 1. The SMILES string of the molecule is N=C(N)c1ccccc1CN1CCC(NS(=O)(=O)/C=C/c2ccccc2)C1=O. The number of nitrogen functional groups attached to an aromatic ring is 1. The Balaban J connectivity index is 1.66. The number of carbonyl (C=O) groups excluding carboxylic acids is 1. The first-order valence-electron chi connectivity index (χ1n) is 8.82. The third kappa shape index (κ3) is 4.85. The molecule has 0 radical (unpaired) electrons. The van der Waals surface area contributed by atoms with Crippen LogP contribution in [-0.2, 0) is 21.4 Å². The zero-order valence-electron chi connectivity index (χ0n) is 15.2. The Bertz CT molecular complexity index is 1000. The van der Waals surface area contributed by atoms with Crippen molar-refractivity contribution in [3.8, 4) is 0 Å². The fraction of sp³-hybridized carbons (Fsp3) is 0.200. The van der Waals surface area contributed by atoms with Crippen LogP contribution >= 0.6 is 0 Å². The van der Waals surface area contributed by atoms with Gasteiger partial charge in [-0.15, -0.1) is 0 Å². The summed E-state index contributed by atoms with van der Waals surface area (Å²) in [7, 11) is -3.75. The van der Waals surface area contributed by atoms with E-state index in [9.17, 15) is 13.2 Å². The standard InChI is InChI=1S/C20H22N4O3S/c21-19(22)17-9-5-4-8-16(17)14-24-12-10-18(20(24)25)23-28(26,27)13-11-15-6-2-1-3-7-15/h1-9,11,13,18,23H,10,12,14H2,(H3,21,22)/b13-11+. The number of sulfonamides is 1. The maximum atomic E-state index is 12.6. The van der Waals surface area contributed by atoms with Crippen LogP contribution in [0.5, 0.6) is 0 Å². The highest BCUT2D eigenvalue weighted by Gasteiger charge is 2.34. The molecule has 8 heteroatoms. The molecule has 1 saturated heterocycles. The average molecular weight is 398 g/mol. The third-order valence-electron chi connectivity index (χ3n) is 4.51. The number of amidine groups is 1. The maximum Gasteiger partial charge on any atom is 0.241 e. The Hall–Kier alpha value is -2.97. The van der Waals surface area contributed by atoms with Crippen molar-refractivity contribution < 1.29 is 13.2 Å². The summed E-state index contributed by atoms with van der Waals surface area (Å²) in [5.41, 5.74) is 7.69. The molecule has 1 heterocycles. The van der Waals surface area contributed by atoms with Crippen molar-refractivity contribution in [3.05, 3.63) is 76.7 Å². The molecule has 1 amide bonds. The van der Waals surface area contributed by atoms with Gasteiger partial charge in [0.15, 0.2) is 0 Å². The molecule has 146 valence electrons. The van der Waals surface area contributed by atoms with E-state index in [-0.39, 0.29) is 18.3 Å². The van der Waals surface area contributed by atoms with Crippen molar-refractivity contribution in [1.82, 2.24) is 9.62 Å². The van der Waals surface area contributed by atoms with E-state index in [0.717, 1.165) is 16.5 Å². The smallest absolute Gasteiger partial charge is 0.241 e. The van der Waals surface area contributed by atoms with Gasteiger partial charge in [0.2, 0.25) is 15.9 Å². The van der Waals surface area contributed by atoms with Crippen LogP contribution in [0.3, 0.4) is 0 Å². The number of hydrogen-bond donors (Lipinski definition) is 3. The van der Waals surface area contributed by atoms with Gasteiger partial charge in [-0.1, -0.05) is 54.6 Å². The summed E-state index contributed by atoms with van der Waals surface area (Å²) in [5.74, 6) is -0.347. The van der Waals surface area contributed by atoms with Gasteiger partial charge in [0.05, 0.1) is 0 Å². The highest BCUT2D eigenvalue weighted by Crippen LogP contribution is 2.18. The van der Waals surface area contributed by atoms with Crippen LogP contribution in [0.25, 0.3) is 6.08 Å². The molecule has 0 saturated carbocycles. The Morgan fingerprint density at radius 1 is 1.18 bits per heavy atom. The van der Waals surface area contributed by atoms with Gasteiger partial charge in [-0.25, -0.2) is 8.42 Å². The van der Waals surface area contributed by atoms with Gasteiger partial charge < -0.3 is 10.6 Å². The maximum absolute atomic E-state index is 12.6. The summed E-state index contributed by atoms with van der Waals surface area (Å²) in [6.45, 7) is 0.716. The molecule has 0 aliphatic carbocycles. The van der Waals surface area contributed by atoms with E-state index < -0.39 is 16.1 Å². The number of benzene rings is 2. The van der Waals surface area contributed by atoms with Crippen LogP contribution in [0.15, 0.2) is 60.0 Å². The Kier molecular flexibility index (Phi) is 5.91. The number of carbonyl (C=O) groups is 1. The Morgan fingerprint density at radius 3 is 2.57 bits per heavy atom. The minimum Gasteiger partial charge on any atom is -0.384 e. The minimum atomic E-state index is -3.75.